The Morgan fingerprint density at radius 1 is 0.508 bits per heavy atom. The topological polar surface area (TPSA) is 43.9 Å². The van der Waals surface area contributed by atoms with Crippen molar-refractivity contribution >= 4 is 21.8 Å². The molecule has 4 nitrogen and oxygen atoms in total. The number of hydrogen-bond acceptors (Lipinski definition) is 3. The van der Waals surface area contributed by atoms with Gasteiger partial charge in [-0.25, -0.2) is 0 Å². The van der Waals surface area contributed by atoms with E-state index in [1.54, 1.807) is 0 Å². The van der Waals surface area contributed by atoms with Crippen LogP contribution >= 0.6 is 0 Å². The van der Waals surface area contributed by atoms with Crippen LogP contribution in [0.25, 0.3) is 72.7 Å². The highest BCUT2D eigenvalue weighted by Gasteiger charge is 2.43. The van der Waals surface area contributed by atoms with Gasteiger partial charge in [0.2, 0.25) is 11.8 Å². The summed E-state index contributed by atoms with van der Waals surface area (Å²) in [4.78, 5) is 0. The summed E-state index contributed by atoms with van der Waals surface area (Å²) < 4.78 is 8.71. The van der Waals surface area contributed by atoms with Crippen LogP contribution in [0.4, 0.5) is 0 Å². The lowest BCUT2D eigenvalue weighted by Crippen LogP contribution is -2.26. The number of para-hydroxylation sites is 2. The molecule has 0 bridgehead atoms. The van der Waals surface area contributed by atoms with Crippen LogP contribution in [0.15, 0.2) is 138 Å². The molecular formula is C55H57N3O. The largest absolute Gasteiger partial charge is 0.416 e. The Morgan fingerprint density at radius 2 is 1.00 bits per heavy atom. The normalized spacial score (nSPS) is 13.3. The van der Waals surface area contributed by atoms with E-state index in [0.29, 0.717) is 11.8 Å². The molecule has 2 heterocycles. The standard InChI is InChI=1S/C55H57N3O/c1-6-8-10-16-34-55(35-17-11-9-7-2)48-36-41(38-22-24-39(25-23-38)52-56-57-53(59-52)40-26-29-42(30-27-40)54(3,4)5)28-32-44(48)45-33-31-43(37-49(45)55)58-50-20-14-12-18-46(50)47-19-13-15-21-51(47)58/h12-15,18-33,36-37H,6-11,16-17,34-35H2,1-5H3. The number of rotatable bonds is 14. The van der Waals surface area contributed by atoms with E-state index in [9.17, 15) is 0 Å². The molecule has 0 atom stereocenters. The molecule has 0 fully saturated rings. The SMILES string of the molecule is CCCCCCC1(CCCCCC)c2cc(-c3ccc(-c4nnc(-c5ccc(C(C)(C)C)cc5)o4)cc3)ccc2-c2ccc(-n3c4ccccc4c4ccccc43)cc21. The lowest BCUT2D eigenvalue weighted by molar-refractivity contribution is 0.401. The van der Waals surface area contributed by atoms with E-state index in [1.165, 1.54) is 118 Å². The summed E-state index contributed by atoms with van der Waals surface area (Å²) in [6.45, 7) is 11.3. The maximum absolute atomic E-state index is 6.22. The predicted octanol–water partition coefficient (Wildman–Crippen LogP) is 15.7. The molecule has 8 aromatic rings. The highest BCUT2D eigenvalue weighted by molar-refractivity contribution is 6.09. The second kappa shape index (κ2) is 16.1. The quantitative estimate of drug-likeness (QED) is 0.103. The Hall–Kier alpha value is -5.74. The summed E-state index contributed by atoms with van der Waals surface area (Å²) in [5, 5.41) is 11.5. The molecule has 0 unspecified atom stereocenters. The fourth-order valence-electron chi connectivity index (χ4n) is 9.75. The Labute approximate surface area is 350 Å². The molecule has 1 aliphatic carbocycles. The monoisotopic (exact) mass is 775 g/mol. The molecule has 59 heavy (non-hydrogen) atoms. The van der Waals surface area contributed by atoms with E-state index >= 15 is 0 Å². The third kappa shape index (κ3) is 7.22. The summed E-state index contributed by atoms with van der Waals surface area (Å²) in [6, 6.07) is 49.5. The lowest BCUT2D eigenvalue weighted by Gasteiger charge is -2.33. The maximum atomic E-state index is 6.22. The second-order valence-corrected chi connectivity index (χ2v) is 17.9. The van der Waals surface area contributed by atoms with Gasteiger partial charge >= 0.3 is 0 Å². The van der Waals surface area contributed by atoms with Crippen molar-refractivity contribution in [2.75, 3.05) is 0 Å². The Bertz CT molecular complexity index is 2660. The van der Waals surface area contributed by atoms with Crippen LogP contribution in [0.1, 0.15) is 116 Å². The number of benzene rings is 6. The summed E-state index contributed by atoms with van der Waals surface area (Å²) >= 11 is 0. The van der Waals surface area contributed by atoms with Gasteiger partial charge in [0.15, 0.2) is 0 Å². The molecule has 0 radical (unpaired) electrons. The minimum atomic E-state index is -0.0535. The van der Waals surface area contributed by atoms with E-state index in [4.69, 9.17) is 4.42 Å². The van der Waals surface area contributed by atoms with Gasteiger partial charge < -0.3 is 8.98 Å². The van der Waals surface area contributed by atoms with Gasteiger partial charge in [-0.05, 0) is 112 Å². The third-order valence-electron chi connectivity index (χ3n) is 13.0. The molecule has 0 saturated carbocycles. The second-order valence-electron chi connectivity index (χ2n) is 17.9. The zero-order chi connectivity index (χ0) is 40.6. The van der Waals surface area contributed by atoms with Crippen molar-refractivity contribution in [1.29, 1.82) is 0 Å². The Morgan fingerprint density at radius 3 is 1.56 bits per heavy atom. The van der Waals surface area contributed by atoms with Crippen molar-refractivity contribution in [2.24, 2.45) is 0 Å². The van der Waals surface area contributed by atoms with Gasteiger partial charge in [0, 0.05) is 33.0 Å². The first kappa shape index (κ1) is 38.8. The fourth-order valence-corrected chi connectivity index (χ4v) is 9.75. The first-order valence-corrected chi connectivity index (χ1v) is 22.1. The van der Waals surface area contributed by atoms with Gasteiger partial charge in [0.1, 0.15) is 0 Å². The zero-order valence-electron chi connectivity index (χ0n) is 35.5. The average molecular weight is 776 g/mol. The molecule has 6 aromatic carbocycles. The van der Waals surface area contributed by atoms with Crippen molar-refractivity contribution in [3.05, 3.63) is 150 Å². The molecular weight excluding hydrogens is 719 g/mol. The minimum Gasteiger partial charge on any atom is -0.416 e. The smallest absolute Gasteiger partial charge is 0.248 e. The molecule has 0 amide bonds. The fraction of sp³-hybridized carbons (Fsp3) is 0.309. The molecule has 0 N–H and O–H groups in total. The summed E-state index contributed by atoms with van der Waals surface area (Å²) in [5.74, 6) is 1.08. The minimum absolute atomic E-state index is 0.0535. The molecule has 0 aliphatic heterocycles. The van der Waals surface area contributed by atoms with E-state index in [1.807, 2.05) is 0 Å². The molecule has 1 aliphatic rings. The molecule has 298 valence electrons. The summed E-state index contributed by atoms with van der Waals surface area (Å²) in [5.41, 5.74) is 15.2. The number of aromatic nitrogens is 3. The van der Waals surface area contributed by atoms with Gasteiger partial charge in [0.05, 0.1) is 11.0 Å². The Kier molecular flexibility index (Phi) is 10.6. The summed E-state index contributed by atoms with van der Waals surface area (Å²) in [7, 11) is 0. The first-order chi connectivity index (χ1) is 28.8. The van der Waals surface area contributed by atoms with Crippen LogP contribution < -0.4 is 0 Å². The van der Waals surface area contributed by atoms with Gasteiger partial charge in [-0.2, -0.15) is 0 Å². The molecule has 2 aromatic heterocycles. The molecule has 0 saturated heterocycles. The van der Waals surface area contributed by atoms with Crippen LogP contribution in [-0.4, -0.2) is 14.8 Å². The number of unbranched alkanes of at least 4 members (excludes halogenated alkanes) is 6. The lowest BCUT2D eigenvalue weighted by atomic mass is 9.70. The van der Waals surface area contributed by atoms with Crippen molar-refractivity contribution < 1.29 is 4.42 Å². The van der Waals surface area contributed by atoms with Gasteiger partial charge in [-0.15, -0.1) is 10.2 Å². The van der Waals surface area contributed by atoms with Crippen LogP contribution in [0.2, 0.25) is 0 Å². The molecule has 0 spiro atoms. The summed E-state index contributed by atoms with van der Waals surface area (Å²) in [6.07, 6.45) is 12.4. The molecule has 9 rings (SSSR count). The number of hydrogen-bond donors (Lipinski definition) is 0. The predicted molar refractivity (Wildman–Crippen MR) is 247 cm³/mol. The van der Waals surface area contributed by atoms with Crippen molar-refractivity contribution in [1.82, 2.24) is 14.8 Å². The Balaban J connectivity index is 1.10. The van der Waals surface area contributed by atoms with E-state index in [-0.39, 0.29) is 10.8 Å². The van der Waals surface area contributed by atoms with Crippen molar-refractivity contribution in [3.63, 3.8) is 0 Å². The van der Waals surface area contributed by atoms with Crippen molar-refractivity contribution in [3.8, 4) is 50.8 Å². The maximum Gasteiger partial charge on any atom is 0.248 e. The van der Waals surface area contributed by atoms with Crippen LogP contribution in [0.3, 0.4) is 0 Å². The van der Waals surface area contributed by atoms with Crippen LogP contribution in [0, 0.1) is 0 Å². The van der Waals surface area contributed by atoms with E-state index in [0.717, 1.165) is 24.0 Å². The van der Waals surface area contributed by atoms with Crippen LogP contribution in [-0.2, 0) is 10.8 Å². The highest BCUT2D eigenvalue weighted by Crippen LogP contribution is 2.56. The van der Waals surface area contributed by atoms with Gasteiger partial charge in [0.25, 0.3) is 0 Å². The van der Waals surface area contributed by atoms with Gasteiger partial charge in [-0.3, -0.25) is 0 Å². The molecule has 4 heteroatoms. The van der Waals surface area contributed by atoms with E-state index in [2.05, 4.69) is 183 Å². The first-order valence-electron chi connectivity index (χ1n) is 22.1. The highest BCUT2D eigenvalue weighted by atomic mass is 16.4. The number of fused-ring (bicyclic) bond motifs is 6. The van der Waals surface area contributed by atoms with Crippen molar-refractivity contribution in [2.45, 2.75) is 110 Å². The van der Waals surface area contributed by atoms with Crippen LogP contribution in [0.5, 0.6) is 0 Å². The average Bonchev–Trinajstić information content (AvgIpc) is 3.96. The number of nitrogens with zero attached hydrogens (tertiary/aromatic N) is 3. The van der Waals surface area contributed by atoms with Gasteiger partial charge in [-0.1, -0.05) is 165 Å². The zero-order valence-corrected chi connectivity index (χ0v) is 35.5. The third-order valence-corrected chi connectivity index (χ3v) is 13.0. The van der Waals surface area contributed by atoms with E-state index < -0.39 is 0 Å².